The van der Waals surface area contributed by atoms with Crippen LogP contribution in [0.5, 0.6) is 0 Å². The maximum Gasteiger partial charge on any atom is 0.335 e. The molecule has 2 amide bonds. The van der Waals surface area contributed by atoms with Gasteiger partial charge in [-0.2, -0.15) is 0 Å². The number of carbonyl (C=O) groups is 5. The van der Waals surface area contributed by atoms with Gasteiger partial charge < -0.3 is 37.8 Å². The highest BCUT2D eigenvalue weighted by molar-refractivity contribution is 6.84. The van der Waals surface area contributed by atoms with E-state index in [-0.39, 0.29) is 27.9 Å². The summed E-state index contributed by atoms with van der Waals surface area (Å²) >= 11 is 0. The number of ketones is 3. The number of halogens is 2. The first-order valence-electron chi connectivity index (χ1n) is 16.9. The number of aliphatic hydroxyl groups excluding tert-OH is 3. The van der Waals surface area contributed by atoms with Crippen LogP contribution in [-0.2, 0) is 46.4 Å². The number of hydrogen-bond acceptors (Lipinski definition) is 13. The molecule has 0 aromatic heterocycles. The van der Waals surface area contributed by atoms with Crippen LogP contribution in [0.1, 0.15) is 68.2 Å². The molecule has 51 heavy (non-hydrogen) atoms. The van der Waals surface area contributed by atoms with Crippen LogP contribution in [0.2, 0.25) is 22.2 Å². The average Bonchev–Trinajstić information content (AvgIpc) is 3.41. The average molecular weight is 763 g/mol. The fourth-order valence-corrected chi connectivity index (χ4v) is 18.0. The first-order valence-corrected chi connectivity index (χ1v) is 20.8. The summed E-state index contributed by atoms with van der Waals surface area (Å²) in [5.74, 6) is -8.23. The molecular weight excluding hydrogens is 715 g/mol. The topological polar surface area (TPSA) is 199 Å². The number of ether oxygens (including phenoxy) is 2. The predicted octanol–water partition coefficient (Wildman–Crippen LogP) is 1.89. The summed E-state index contributed by atoms with van der Waals surface area (Å²) in [6.07, 6.45) is -4.63. The van der Waals surface area contributed by atoms with Crippen molar-refractivity contribution in [1.29, 1.82) is 0 Å². The Hall–Kier alpha value is -2.60. The van der Waals surface area contributed by atoms with Crippen LogP contribution in [0.3, 0.4) is 0 Å². The molecule has 0 unspecified atom stereocenters. The highest BCUT2D eigenvalue weighted by atomic mass is 28.5. The van der Waals surface area contributed by atoms with Gasteiger partial charge in [0.05, 0.1) is 19.4 Å². The summed E-state index contributed by atoms with van der Waals surface area (Å²) in [4.78, 5) is 61.7. The van der Waals surface area contributed by atoms with Crippen LogP contribution in [0, 0.1) is 0 Å². The number of Topliss-reactive ketones (excluding diaryl/α,β-unsaturated/α-hetero) is 1. The third kappa shape index (κ3) is 7.47. The SMILES string of the molecule is CC(C)[Si]1(C(C)C)OC[C@@]2(F)O[C@@H](N3C=CC(=O)CC3=O)C(=O)[C@@H]2O[Si](C(C)C)(C(C)C)O1.O=C1C=CN([C@@H]2O[C@](F)(CO)[C@@H](O)[C@H]2O)C(=O)C1. The van der Waals surface area contributed by atoms with Gasteiger partial charge in [0.15, 0.2) is 23.9 Å². The second-order valence-corrected chi connectivity index (χ2v) is 23.4. The molecule has 0 aliphatic carbocycles. The minimum absolute atomic E-state index is 0.00357. The van der Waals surface area contributed by atoms with Crippen molar-refractivity contribution in [2.24, 2.45) is 0 Å². The molecule has 5 heterocycles. The third-order valence-corrected chi connectivity index (χ3v) is 19.9. The molecule has 0 saturated carbocycles. The van der Waals surface area contributed by atoms with Crippen molar-refractivity contribution in [3.8, 4) is 0 Å². The van der Waals surface area contributed by atoms with Gasteiger partial charge in [0.1, 0.15) is 18.8 Å². The quantitative estimate of drug-likeness (QED) is 0.251. The second-order valence-electron chi connectivity index (χ2n) is 14.5. The summed E-state index contributed by atoms with van der Waals surface area (Å²) in [5.41, 5.74) is -0.213. The Kier molecular flexibility index (Phi) is 12.1. The van der Waals surface area contributed by atoms with Gasteiger partial charge in [-0.1, -0.05) is 55.4 Å². The fourth-order valence-electron chi connectivity index (χ4n) is 6.84. The highest BCUT2D eigenvalue weighted by Crippen LogP contribution is 2.49. The maximum absolute atomic E-state index is 16.5. The number of allylic oxidation sites excluding steroid dienone is 2. The van der Waals surface area contributed by atoms with Crippen LogP contribution >= 0.6 is 0 Å². The zero-order chi connectivity index (χ0) is 38.4. The van der Waals surface area contributed by atoms with E-state index < -0.39 is 109 Å². The number of carbonyl (C=O) groups excluding carboxylic acids is 5. The van der Waals surface area contributed by atoms with E-state index in [1.54, 1.807) is 0 Å². The smallest absolute Gasteiger partial charge is 0.335 e. The molecule has 5 rings (SSSR count). The molecule has 7 atom stereocenters. The van der Waals surface area contributed by atoms with Crippen molar-refractivity contribution in [1.82, 2.24) is 9.80 Å². The van der Waals surface area contributed by atoms with Gasteiger partial charge in [-0.25, -0.2) is 8.78 Å². The molecule has 0 spiro atoms. The molecular formula is C32H48F2N2O13Si2. The Balaban J connectivity index is 0.000000272. The lowest BCUT2D eigenvalue weighted by Gasteiger charge is -2.51. The largest absolute Gasteiger partial charge is 0.414 e. The van der Waals surface area contributed by atoms with Crippen molar-refractivity contribution in [2.75, 3.05) is 13.2 Å². The Bertz CT molecular complexity index is 1450. The second kappa shape index (κ2) is 15.0. The third-order valence-electron chi connectivity index (χ3n) is 9.72. The molecule has 0 aromatic carbocycles. The van der Waals surface area contributed by atoms with Gasteiger partial charge in [0, 0.05) is 12.4 Å². The minimum atomic E-state index is -3.24. The van der Waals surface area contributed by atoms with E-state index in [9.17, 15) is 38.6 Å². The molecule has 3 N–H and O–H groups in total. The number of aliphatic hydroxyl groups is 3. The number of rotatable bonds is 7. The Labute approximate surface area is 297 Å². The van der Waals surface area contributed by atoms with Crippen LogP contribution in [0.15, 0.2) is 24.6 Å². The molecule has 15 nitrogen and oxygen atoms in total. The predicted molar refractivity (Wildman–Crippen MR) is 177 cm³/mol. The van der Waals surface area contributed by atoms with Gasteiger partial charge in [-0.15, -0.1) is 0 Å². The first-order chi connectivity index (χ1) is 23.6. The summed E-state index contributed by atoms with van der Waals surface area (Å²) in [5, 5.41) is 27.8. The van der Waals surface area contributed by atoms with Crippen molar-refractivity contribution in [3.05, 3.63) is 24.6 Å². The van der Waals surface area contributed by atoms with Gasteiger partial charge in [-0.05, 0) is 34.3 Å². The normalized spacial score (nSPS) is 35.2. The summed E-state index contributed by atoms with van der Waals surface area (Å²) in [6.45, 7) is 14.2. The van der Waals surface area contributed by atoms with Gasteiger partial charge in [0.25, 0.3) is 11.7 Å². The zero-order valence-corrected chi connectivity index (χ0v) is 31.9. The molecule has 0 radical (unpaired) electrons. The molecule has 3 fully saturated rings. The van der Waals surface area contributed by atoms with Crippen molar-refractivity contribution in [2.45, 2.75) is 133 Å². The van der Waals surface area contributed by atoms with E-state index in [2.05, 4.69) is 0 Å². The molecule has 0 aromatic rings. The molecule has 0 bridgehead atoms. The van der Waals surface area contributed by atoms with Crippen molar-refractivity contribution in [3.63, 3.8) is 0 Å². The Morgan fingerprint density at radius 1 is 0.804 bits per heavy atom. The lowest BCUT2D eigenvalue weighted by Crippen LogP contribution is -2.67. The van der Waals surface area contributed by atoms with Crippen LogP contribution in [0.25, 0.3) is 0 Å². The number of amides is 2. The highest BCUT2D eigenvalue weighted by Gasteiger charge is 2.67. The zero-order valence-electron chi connectivity index (χ0n) is 29.9. The Morgan fingerprint density at radius 2 is 1.29 bits per heavy atom. The number of alkyl halides is 2. The standard InChI is InChI=1S/C22H36FNO7Si2.C10H12FNO6/c1-13(2)32(14(3)4)28-12-22(23)20(30-33(31-32,15(5)6)16(7)8)19(27)21(29-22)24-10-9-17(25)11-18(24)26;11-10(4-13)8(17)7(16)9(18-10)12-2-1-5(14)3-6(12)15/h9-10,13-16,20-21H,11-12H2,1-8H3;1-2,7-9,13,16-17H,3-4H2/t20-,21+,22+;7-,8+,9-,10-/m01/s1. The van der Waals surface area contributed by atoms with E-state index in [1.807, 2.05) is 55.4 Å². The van der Waals surface area contributed by atoms with Crippen LogP contribution in [0.4, 0.5) is 8.78 Å². The fraction of sp³-hybridized carbons (Fsp3) is 0.719. The van der Waals surface area contributed by atoms with Crippen LogP contribution < -0.4 is 0 Å². The lowest BCUT2D eigenvalue weighted by atomic mass is 10.1. The minimum Gasteiger partial charge on any atom is -0.414 e. The van der Waals surface area contributed by atoms with E-state index in [0.717, 1.165) is 22.1 Å². The monoisotopic (exact) mass is 762 g/mol. The van der Waals surface area contributed by atoms with E-state index in [1.165, 1.54) is 12.3 Å². The molecule has 286 valence electrons. The first kappa shape index (κ1) is 41.2. The number of hydrogen-bond donors (Lipinski definition) is 3. The van der Waals surface area contributed by atoms with Crippen molar-refractivity contribution < 1.29 is 70.5 Å². The van der Waals surface area contributed by atoms with Gasteiger partial charge >= 0.3 is 17.1 Å². The van der Waals surface area contributed by atoms with Crippen LogP contribution in [-0.4, -0.2) is 127 Å². The number of fused-ring (bicyclic) bond motifs is 1. The molecule has 5 aliphatic rings. The molecule has 3 saturated heterocycles. The van der Waals surface area contributed by atoms with Gasteiger partial charge in [0.2, 0.25) is 23.8 Å². The van der Waals surface area contributed by atoms with E-state index in [4.69, 9.17) is 27.5 Å². The van der Waals surface area contributed by atoms with E-state index >= 15 is 4.39 Å². The summed E-state index contributed by atoms with van der Waals surface area (Å²) < 4.78 is 60.3. The van der Waals surface area contributed by atoms with E-state index in [0.29, 0.717) is 0 Å². The van der Waals surface area contributed by atoms with Gasteiger partial charge in [-0.3, -0.25) is 33.8 Å². The van der Waals surface area contributed by atoms with Crippen molar-refractivity contribution >= 4 is 46.3 Å². The summed E-state index contributed by atoms with van der Waals surface area (Å²) in [7, 11) is -6.27. The maximum atomic E-state index is 16.5. The molecule has 5 aliphatic heterocycles. The molecule has 19 heteroatoms. The Morgan fingerprint density at radius 3 is 1.73 bits per heavy atom. The lowest BCUT2D eigenvalue weighted by molar-refractivity contribution is -0.215. The number of nitrogens with zero attached hydrogens (tertiary/aromatic N) is 2. The summed E-state index contributed by atoms with van der Waals surface area (Å²) in [6, 6.07) is 0.